The number of amides is 2. The molecule has 0 unspecified atom stereocenters. The van der Waals surface area contributed by atoms with E-state index in [0.29, 0.717) is 23.7 Å². The van der Waals surface area contributed by atoms with Crippen molar-refractivity contribution in [2.24, 2.45) is 0 Å². The molecular formula is C30H31N3O4S. The van der Waals surface area contributed by atoms with Gasteiger partial charge >= 0.3 is 6.03 Å². The Morgan fingerprint density at radius 2 is 1.76 bits per heavy atom. The summed E-state index contributed by atoms with van der Waals surface area (Å²) in [6.45, 7) is 0.518. The molecule has 2 aromatic carbocycles. The summed E-state index contributed by atoms with van der Waals surface area (Å²) in [5.41, 5.74) is 5.37. The summed E-state index contributed by atoms with van der Waals surface area (Å²) in [7, 11) is 4.85. The SMILES string of the molecule is COc1cccc([C@H]2c3cccn3-c3sc4c(c3CN2C(=O)Nc2ccc(OC)c(OC)c2)CCCC4)c1. The van der Waals surface area contributed by atoms with Crippen molar-refractivity contribution in [1.82, 2.24) is 9.47 Å². The van der Waals surface area contributed by atoms with Gasteiger partial charge in [0.1, 0.15) is 10.8 Å². The number of benzene rings is 2. The van der Waals surface area contributed by atoms with E-state index < -0.39 is 0 Å². The van der Waals surface area contributed by atoms with E-state index in [9.17, 15) is 4.79 Å². The molecule has 0 fully saturated rings. The van der Waals surface area contributed by atoms with Crippen LogP contribution in [0, 0.1) is 0 Å². The molecule has 4 aromatic rings. The zero-order valence-corrected chi connectivity index (χ0v) is 22.6. The molecule has 1 aliphatic carbocycles. The van der Waals surface area contributed by atoms with Crippen LogP contribution in [-0.2, 0) is 19.4 Å². The first-order valence-electron chi connectivity index (χ1n) is 12.9. The van der Waals surface area contributed by atoms with Crippen molar-refractivity contribution in [2.45, 2.75) is 38.3 Å². The standard InChI is InChI=1S/C30H31N3O4S/c1-35-21-9-6-8-19(16-21)28-24-11-7-15-32(24)29-23(22-10-4-5-12-27(22)38-29)18-33(28)30(34)31-20-13-14-25(36-2)26(17-20)37-3/h6-9,11,13-17,28H,4-5,10,12,18H2,1-3H3,(H,31,34)/t28-/m0/s1. The van der Waals surface area contributed by atoms with E-state index in [4.69, 9.17) is 14.2 Å². The Hall–Kier alpha value is -3.91. The van der Waals surface area contributed by atoms with Gasteiger partial charge in [-0.05, 0) is 73.2 Å². The van der Waals surface area contributed by atoms with Crippen LogP contribution in [-0.4, -0.2) is 36.8 Å². The molecule has 1 aliphatic heterocycles. The number of methoxy groups -OCH3 is 3. The minimum absolute atomic E-state index is 0.179. The maximum atomic E-state index is 14.1. The number of rotatable bonds is 5. The summed E-state index contributed by atoms with van der Waals surface area (Å²) >= 11 is 1.88. The monoisotopic (exact) mass is 529 g/mol. The smallest absolute Gasteiger partial charge is 0.322 e. The molecule has 0 saturated carbocycles. The third-order valence-corrected chi connectivity index (χ3v) is 8.82. The molecule has 8 heteroatoms. The number of hydrogen-bond donors (Lipinski definition) is 1. The summed E-state index contributed by atoms with van der Waals surface area (Å²) < 4.78 is 18.7. The molecule has 196 valence electrons. The number of nitrogens with zero attached hydrogens (tertiary/aromatic N) is 2. The molecule has 2 aliphatic rings. The molecule has 3 heterocycles. The highest BCUT2D eigenvalue weighted by Crippen LogP contribution is 2.44. The molecule has 1 N–H and O–H groups in total. The summed E-state index contributed by atoms with van der Waals surface area (Å²) in [6.07, 6.45) is 6.71. The fourth-order valence-corrected chi connectivity index (χ4v) is 7.06. The maximum Gasteiger partial charge on any atom is 0.322 e. The third kappa shape index (κ3) is 4.19. The topological polar surface area (TPSA) is 65.0 Å². The summed E-state index contributed by atoms with van der Waals surface area (Å²) in [5, 5.41) is 4.36. The average Bonchev–Trinajstić information content (AvgIpc) is 3.54. The zero-order valence-electron chi connectivity index (χ0n) is 21.8. The molecular weight excluding hydrogens is 498 g/mol. The van der Waals surface area contributed by atoms with Gasteiger partial charge < -0.3 is 29.0 Å². The van der Waals surface area contributed by atoms with Crippen molar-refractivity contribution in [1.29, 1.82) is 0 Å². The van der Waals surface area contributed by atoms with Crippen LogP contribution in [0.25, 0.3) is 5.00 Å². The second-order valence-corrected chi connectivity index (χ2v) is 10.7. The van der Waals surface area contributed by atoms with Gasteiger partial charge in [0, 0.05) is 28.4 Å². The first-order valence-corrected chi connectivity index (χ1v) is 13.7. The molecule has 38 heavy (non-hydrogen) atoms. The number of thiophene rings is 1. The van der Waals surface area contributed by atoms with E-state index in [1.54, 1.807) is 33.5 Å². The van der Waals surface area contributed by atoms with Crippen molar-refractivity contribution >= 4 is 23.1 Å². The number of carbonyl (C=O) groups is 1. The normalized spacial score (nSPS) is 16.1. The Morgan fingerprint density at radius 1 is 0.921 bits per heavy atom. The number of anilines is 1. The number of urea groups is 1. The van der Waals surface area contributed by atoms with Crippen LogP contribution in [0.3, 0.4) is 0 Å². The molecule has 6 rings (SSSR count). The van der Waals surface area contributed by atoms with Crippen LogP contribution >= 0.6 is 11.3 Å². The van der Waals surface area contributed by atoms with Crippen molar-refractivity contribution in [2.75, 3.05) is 26.6 Å². The Labute approximate surface area is 226 Å². The quantitative estimate of drug-likeness (QED) is 0.317. The van der Waals surface area contributed by atoms with Crippen molar-refractivity contribution < 1.29 is 19.0 Å². The second-order valence-electron chi connectivity index (χ2n) is 9.60. The van der Waals surface area contributed by atoms with Gasteiger partial charge in [-0.25, -0.2) is 4.79 Å². The first kappa shape index (κ1) is 24.4. The average molecular weight is 530 g/mol. The van der Waals surface area contributed by atoms with Gasteiger partial charge in [-0.1, -0.05) is 12.1 Å². The molecule has 7 nitrogen and oxygen atoms in total. The highest BCUT2D eigenvalue weighted by Gasteiger charge is 2.36. The lowest BCUT2D eigenvalue weighted by atomic mass is 9.95. The number of aromatic nitrogens is 1. The van der Waals surface area contributed by atoms with Gasteiger partial charge in [-0.3, -0.25) is 0 Å². The number of aryl methyl sites for hydroxylation is 1. The fraction of sp³-hybridized carbons (Fsp3) is 0.300. The van der Waals surface area contributed by atoms with Crippen LogP contribution in [0.1, 0.15) is 46.1 Å². The Morgan fingerprint density at radius 3 is 2.58 bits per heavy atom. The molecule has 2 aromatic heterocycles. The molecule has 0 saturated heterocycles. The number of nitrogens with one attached hydrogen (secondary N) is 1. The van der Waals surface area contributed by atoms with Crippen LogP contribution in [0.15, 0.2) is 60.8 Å². The highest BCUT2D eigenvalue weighted by atomic mass is 32.1. The second kappa shape index (κ2) is 10.1. The predicted molar refractivity (Wildman–Crippen MR) is 149 cm³/mol. The zero-order chi connectivity index (χ0) is 26.2. The lowest BCUT2D eigenvalue weighted by molar-refractivity contribution is 0.194. The fourth-order valence-electron chi connectivity index (χ4n) is 5.66. The van der Waals surface area contributed by atoms with Crippen molar-refractivity contribution in [3.8, 4) is 22.2 Å². The Kier molecular flexibility index (Phi) is 6.49. The van der Waals surface area contributed by atoms with Crippen molar-refractivity contribution in [3.63, 3.8) is 0 Å². The van der Waals surface area contributed by atoms with Gasteiger partial charge in [-0.15, -0.1) is 11.3 Å². The third-order valence-electron chi connectivity index (χ3n) is 7.48. The Balaban J connectivity index is 1.47. The van der Waals surface area contributed by atoms with Crippen LogP contribution < -0.4 is 19.5 Å². The summed E-state index contributed by atoms with van der Waals surface area (Å²) in [6, 6.07) is 17.1. The Bertz CT molecular complexity index is 1490. The molecule has 0 spiro atoms. The highest BCUT2D eigenvalue weighted by molar-refractivity contribution is 7.15. The molecule has 0 bridgehead atoms. The minimum Gasteiger partial charge on any atom is -0.497 e. The van der Waals surface area contributed by atoms with Crippen LogP contribution in [0.2, 0.25) is 0 Å². The van der Waals surface area contributed by atoms with Crippen LogP contribution in [0.4, 0.5) is 10.5 Å². The lowest BCUT2D eigenvalue weighted by Crippen LogP contribution is -2.38. The van der Waals surface area contributed by atoms with Gasteiger partial charge in [0.2, 0.25) is 0 Å². The first-order chi connectivity index (χ1) is 18.6. The number of hydrogen-bond acceptors (Lipinski definition) is 5. The van der Waals surface area contributed by atoms with E-state index in [1.165, 1.54) is 33.8 Å². The summed E-state index contributed by atoms with van der Waals surface area (Å²) in [5.74, 6) is 1.94. The van der Waals surface area contributed by atoms with E-state index in [0.717, 1.165) is 29.8 Å². The van der Waals surface area contributed by atoms with Crippen molar-refractivity contribution in [3.05, 3.63) is 88.1 Å². The molecule has 1 atom stereocenters. The van der Waals surface area contributed by atoms with Crippen LogP contribution in [0.5, 0.6) is 17.2 Å². The predicted octanol–water partition coefficient (Wildman–Crippen LogP) is 6.58. The van der Waals surface area contributed by atoms with Gasteiger partial charge in [0.05, 0.1) is 39.6 Å². The number of carbonyl (C=O) groups excluding carboxylic acids is 1. The number of fused-ring (bicyclic) bond motifs is 5. The largest absolute Gasteiger partial charge is 0.497 e. The van der Waals surface area contributed by atoms with E-state index in [2.05, 4.69) is 34.3 Å². The minimum atomic E-state index is -0.306. The van der Waals surface area contributed by atoms with Gasteiger partial charge in [-0.2, -0.15) is 0 Å². The van der Waals surface area contributed by atoms with Gasteiger partial charge in [0.25, 0.3) is 0 Å². The lowest BCUT2D eigenvalue weighted by Gasteiger charge is -2.31. The molecule has 2 amide bonds. The van der Waals surface area contributed by atoms with E-state index in [-0.39, 0.29) is 12.1 Å². The maximum absolute atomic E-state index is 14.1. The summed E-state index contributed by atoms with van der Waals surface area (Å²) in [4.78, 5) is 17.6. The molecule has 0 radical (unpaired) electrons. The van der Waals surface area contributed by atoms with Gasteiger partial charge in [0.15, 0.2) is 11.5 Å². The van der Waals surface area contributed by atoms with E-state index in [1.807, 2.05) is 40.5 Å². The van der Waals surface area contributed by atoms with E-state index >= 15 is 0 Å². The number of ether oxygens (including phenoxy) is 3.